The van der Waals surface area contributed by atoms with Crippen molar-refractivity contribution >= 4 is 21.9 Å². The van der Waals surface area contributed by atoms with Gasteiger partial charge in [0, 0.05) is 38.6 Å². The molecular weight excluding hydrogens is 372 g/mol. The second kappa shape index (κ2) is 8.96. The number of hydrogen-bond donors (Lipinski definition) is 1. The second-order valence-electron chi connectivity index (χ2n) is 5.53. The van der Waals surface area contributed by atoms with Crippen molar-refractivity contribution in [2.75, 3.05) is 44.8 Å². The molecule has 0 atom stereocenters. The van der Waals surface area contributed by atoms with Gasteiger partial charge in [-0.2, -0.15) is 0 Å². The molecule has 1 aliphatic rings. The molecule has 0 bridgehead atoms. The smallest absolute Gasteiger partial charge is 0.222 e. The number of aromatic nitrogens is 2. The maximum absolute atomic E-state index is 5.87. The van der Waals surface area contributed by atoms with E-state index in [0.717, 1.165) is 48.6 Å². The summed E-state index contributed by atoms with van der Waals surface area (Å²) < 4.78 is 12.1. The Balaban J connectivity index is 1.45. The molecule has 1 N–H and O–H groups in total. The van der Waals surface area contributed by atoms with E-state index < -0.39 is 0 Å². The molecule has 3 rings (SSSR count). The van der Waals surface area contributed by atoms with Gasteiger partial charge in [-0.15, -0.1) is 0 Å². The normalized spacial score (nSPS) is 15.2. The van der Waals surface area contributed by atoms with Crippen LogP contribution < -0.4 is 10.1 Å². The molecule has 24 heavy (non-hydrogen) atoms. The molecule has 0 unspecified atom stereocenters. The Morgan fingerprint density at radius 3 is 2.79 bits per heavy atom. The number of rotatable bonds is 7. The number of morpholine rings is 1. The summed E-state index contributed by atoms with van der Waals surface area (Å²) in [5.41, 5.74) is 1.13. The first-order valence-corrected chi connectivity index (χ1v) is 8.82. The summed E-state index contributed by atoms with van der Waals surface area (Å²) in [4.78, 5) is 10.8. The highest BCUT2D eigenvalue weighted by Gasteiger charge is 2.09. The van der Waals surface area contributed by atoms with E-state index in [-0.39, 0.29) is 0 Å². The lowest BCUT2D eigenvalue weighted by Gasteiger charge is -2.26. The fourth-order valence-corrected chi connectivity index (χ4v) is 2.65. The molecule has 1 aliphatic heterocycles. The Morgan fingerprint density at radius 2 is 2.00 bits per heavy atom. The molecule has 7 heteroatoms. The summed E-state index contributed by atoms with van der Waals surface area (Å²) >= 11 is 3.32. The molecule has 0 spiro atoms. The Hall–Kier alpha value is -1.70. The van der Waals surface area contributed by atoms with E-state index >= 15 is 0 Å². The zero-order valence-corrected chi connectivity index (χ0v) is 15.0. The molecule has 1 saturated heterocycles. The van der Waals surface area contributed by atoms with Crippen molar-refractivity contribution in [3.63, 3.8) is 0 Å². The maximum atomic E-state index is 5.87. The lowest BCUT2D eigenvalue weighted by atomic mass is 10.2. The average molecular weight is 393 g/mol. The molecule has 128 valence electrons. The standard InChI is InChI=1S/C17H21BrN4O2/c18-15-12-20-17(21-13-15)19-11-14-2-1-3-16(10-14)24-9-6-22-4-7-23-8-5-22/h1-3,10,12-13H,4-9,11H2,(H,19,20,21). The summed E-state index contributed by atoms with van der Waals surface area (Å²) in [6, 6.07) is 8.09. The zero-order valence-electron chi connectivity index (χ0n) is 13.4. The van der Waals surface area contributed by atoms with Gasteiger partial charge in [0.05, 0.1) is 17.7 Å². The Bertz CT molecular complexity index is 633. The van der Waals surface area contributed by atoms with Gasteiger partial charge in [-0.3, -0.25) is 4.90 Å². The minimum atomic E-state index is 0.608. The van der Waals surface area contributed by atoms with Gasteiger partial charge >= 0.3 is 0 Å². The Morgan fingerprint density at radius 1 is 1.21 bits per heavy atom. The van der Waals surface area contributed by atoms with Crippen molar-refractivity contribution in [3.05, 3.63) is 46.7 Å². The van der Waals surface area contributed by atoms with Crippen molar-refractivity contribution in [2.45, 2.75) is 6.54 Å². The summed E-state index contributed by atoms with van der Waals surface area (Å²) in [5.74, 6) is 1.50. The van der Waals surface area contributed by atoms with Crippen LogP contribution in [0, 0.1) is 0 Å². The van der Waals surface area contributed by atoms with Gasteiger partial charge in [-0.05, 0) is 33.6 Å². The van der Waals surface area contributed by atoms with E-state index in [2.05, 4.69) is 42.2 Å². The molecule has 0 amide bonds. The molecule has 1 fully saturated rings. The van der Waals surface area contributed by atoms with E-state index in [1.807, 2.05) is 18.2 Å². The Labute approximate surface area is 150 Å². The number of anilines is 1. The van der Waals surface area contributed by atoms with Gasteiger partial charge in [0.2, 0.25) is 5.95 Å². The largest absolute Gasteiger partial charge is 0.492 e. The van der Waals surface area contributed by atoms with Gasteiger partial charge < -0.3 is 14.8 Å². The maximum Gasteiger partial charge on any atom is 0.222 e. The van der Waals surface area contributed by atoms with Crippen molar-refractivity contribution in [1.82, 2.24) is 14.9 Å². The summed E-state index contributed by atoms with van der Waals surface area (Å²) in [6.45, 7) is 5.88. The lowest BCUT2D eigenvalue weighted by Crippen LogP contribution is -2.38. The first-order chi connectivity index (χ1) is 11.8. The van der Waals surface area contributed by atoms with Crippen LogP contribution >= 0.6 is 15.9 Å². The number of benzene rings is 1. The number of halogens is 1. The quantitative estimate of drug-likeness (QED) is 0.781. The van der Waals surface area contributed by atoms with Crippen molar-refractivity contribution in [2.24, 2.45) is 0 Å². The third-order valence-corrected chi connectivity index (χ3v) is 4.16. The van der Waals surface area contributed by atoms with Crippen LogP contribution in [0.5, 0.6) is 5.75 Å². The van der Waals surface area contributed by atoms with E-state index in [1.54, 1.807) is 12.4 Å². The second-order valence-corrected chi connectivity index (χ2v) is 6.44. The zero-order chi connectivity index (χ0) is 16.6. The predicted octanol–water partition coefficient (Wildman–Crippen LogP) is 2.56. The SMILES string of the molecule is Brc1cnc(NCc2cccc(OCCN3CCOCC3)c2)nc1. The lowest BCUT2D eigenvalue weighted by molar-refractivity contribution is 0.0322. The summed E-state index contributed by atoms with van der Waals surface area (Å²) in [7, 11) is 0. The minimum Gasteiger partial charge on any atom is -0.492 e. The number of hydrogen-bond acceptors (Lipinski definition) is 6. The van der Waals surface area contributed by atoms with Gasteiger partial charge in [-0.25, -0.2) is 9.97 Å². The van der Waals surface area contributed by atoms with Crippen LogP contribution in [-0.2, 0) is 11.3 Å². The highest BCUT2D eigenvalue weighted by molar-refractivity contribution is 9.10. The molecule has 2 aromatic rings. The average Bonchev–Trinajstić information content (AvgIpc) is 2.63. The predicted molar refractivity (Wildman–Crippen MR) is 96.3 cm³/mol. The minimum absolute atomic E-state index is 0.608. The summed E-state index contributed by atoms with van der Waals surface area (Å²) in [6.07, 6.45) is 3.45. The third-order valence-electron chi connectivity index (χ3n) is 3.75. The number of nitrogens with one attached hydrogen (secondary N) is 1. The first kappa shape index (κ1) is 17.1. The van der Waals surface area contributed by atoms with Crippen LogP contribution in [0.25, 0.3) is 0 Å². The topological polar surface area (TPSA) is 59.5 Å². The van der Waals surface area contributed by atoms with Gasteiger partial charge in [0.1, 0.15) is 12.4 Å². The van der Waals surface area contributed by atoms with Crippen molar-refractivity contribution < 1.29 is 9.47 Å². The van der Waals surface area contributed by atoms with Crippen LogP contribution in [0.3, 0.4) is 0 Å². The molecule has 1 aromatic heterocycles. The molecule has 0 radical (unpaired) electrons. The Kier molecular flexibility index (Phi) is 6.40. The van der Waals surface area contributed by atoms with E-state index in [0.29, 0.717) is 19.1 Å². The van der Waals surface area contributed by atoms with Crippen molar-refractivity contribution in [1.29, 1.82) is 0 Å². The van der Waals surface area contributed by atoms with Crippen LogP contribution in [-0.4, -0.2) is 54.3 Å². The fourth-order valence-electron chi connectivity index (χ4n) is 2.45. The van der Waals surface area contributed by atoms with Crippen LogP contribution in [0.2, 0.25) is 0 Å². The van der Waals surface area contributed by atoms with Gasteiger partial charge in [0.25, 0.3) is 0 Å². The fraction of sp³-hybridized carbons (Fsp3) is 0.412. The van der Waals surface area contributed by atoms with Gasteiger partial charge in [0.15, 0.2) is 0 Å². The van der Waals surface area contributed by atoms with Crippen LogP contribution in [0.1, 0.15) is 5.56 Å². The highest BCUT2D eigenvalue weighted by atomic mass is 79.9. The molecule has 0 aliphatic carbocycles. The van der Waals surface area contributed by atoms with Crippen LogP contribution in [0.15, 0.2) is 41.1 Å². The third kappa shape index (κ3) is 5.43. The van der Waals surface area contributed by atoms with Gasteiger partial charge in [-0.1, -0.05) is 12.1 Å². The van der Waals surface area contributed by atoms with E-state index in [9.17, 15) is 0 Å². The molecule has 6 nitrogen and oxygen atoms in total. The highest BCUT2D eigenvalue weighted by Crippen LogP contribution is 2.15. The monoisotopic (exact) mass is 392 g/mol. The first-order valence-electron chi connectivity index (χ1n) is 8.03. The summed E-state index contributed by atoms with van der Waals surface area (Å²) in [5, 5.41) is 3.20. The van der Waals surface area contributed by atoms with Crippen molar-refractivity contribution in [3.8, 4) is 5.75 Å². The number of nitrogens with zero attached hydrogens (tertiary/aromatic N) is 3. The molecule has 0 saturated carbocycles. The number of ether oxygens (including phenoxy) is 2. The van der Waals surface area contributed by atoms with Crippen LogP contribution in [0.4, 0.5) is 5.95 Å². The van der Waals surface area contributed by atoms with E-state index in [4.69, 9.17) is 9.47 Å². The molecule has 1 aromatic carbocycles. The molecular formula is C17H21BrN4O2. The van der Waals surface area contributed by atoms with E-state index in [1.165, 1.54) is 0 Å². The molecule has 2 heterocycles.